The summed E-state index contributed by atoms with van der Waals surface area (Å²) in [6, 6.07) is 11.2. The molecule has 2 aliphatic heterocycles. The summed E-state index contributed by atoms with van der Waals surface area (Å²) in [6.07, 6.45) is 4.01. The van der Waals surface area contributed by atoms with Crippen LogP contribution < -0.4 is 10.1 Å². The number of fused-ring (bicyclic) bond motifs is 1. The lowest BCUT2D eigenvalue weighted by Crippen LogP contribution is -2.52. The Morgan fingerprint density at radius 1 is 1.23 bits per heavy atom. The summed E-state index contributed by atoms with van der Waals surface area (Å²) < 4.78 is 11.7. The van der Waals surface area contributed by atoms with Gasteiger partial charge in [0.15, 0.2) is 5.76 Å². The number of benzene rings is 1. The summed E-state index contributed by atoms with van der Waals surface area (Å²) >= 11 is 0. The predicted octanol–water partition coefficient (Wildman–Crippen LogP) is 2.36. The number of furan rings is 1. The summed E-state index contributed by atoms with van der Waals surface area (Å²) in [4.78, 5) is 14.8. The topological polar surface area (TPSA) is 74.9 Å². The van der Waals surface area contributed by atoms with Gasteiger partial charge in [0, 0.05) is 31.6 Å². The number of amides is 1. The van der Waals surface area contributed by atoms with Crippen molar-refractivity contribution in [2.45, 2.75) is 30.9 Å². The van der Waals surface area contributed by atoms with Gasteiger partial charge in [0.1, 0.15) is 11.4 Å². The standard InChI is InChI=1S/C20H24N2O4/c23-12-11-22-9-7-20(8-10-22)14-16(15-4-1-2-5-17(15)26-20)21-19(24)18-6-3-13-25-18/h1-6,13,16,23H,7-12,14H2,(H,21,24). The fourth-order valence-corrected chi connectivity index (χ4v) is 4.02. The number of carbonyl (C=O) groups is 1. The highest BCUT2D eigenvalue weighted by molar-refractivity contribution is 5.91. The Bertz CT molecular complexity index is 751. The van der Waals surface area contributed by atoms with Crippen LogP contribution in [0.3, 0.4) is 0 Å². The van der Waals surface area contributed by atoms with E-state index in [1.54, 1.807) is 12.1 Å². The molecule has 1 unspecified atom stereocenters. The fraction of sp³-hybridized carbons (Fsp3) is 0.450. The minimum Gasteiger partial charge on any atom is -0.487 e. The van der Waals surface area contributed by atoms with Gasteiger partial charge in [0.2, 0.25) is 0 Å². The molecule has 1 saturated heterocycles. The summed E-state index contributed by atoms with van der Waals surface area (Å²) in [5, 5.41) is 12.3. The lowest BCUT2D eigenvalue weighted by atomic mass is 9.80. The second-order valence-corrected chi connectivity index (χ2v) is 7.10. The average Bonchev–Trinajstić information content (AvgIpc) is 3.19. The number of piperidine rings is 1. The zero-order valence-electron chi connectivity index (χ0n) is 14.7. The first-order valence-corrected chi connectivity index (χ1v) is 9.15. The highest BCUT2D eigenvalue weighted by Crippen LogP contribution is 2.44. The predicted molar refractivity (Wildman–Crippen MR) is 96.1 cm³/mol. The fourth-order valence-electron chi connectivity index (χ4n) is 4.02. The van der Waals surface area contributed by atoms with Gasteiger partial charge in [-0.3, -0.25) is 4.79 Å². The molecule has 1 fully saturated rings. The van der Waals surface area contributed by atoms with Crippen LogP contribution in [0.5, 0.6) is 5.75 Å². The Morgan fingerprint density at radius 2 is 2.04 bits per heavy atom. The van der Waals surface area contributed by atoms with Crippen molar-refractivity contribution in [1.29, 1.82) is 0 Å². The average molecular weight is 356 g/mol. The van der Waals surface area contributed by atoms with Gasteiger partial charge in [-0.25, -0.2) is 0 Å². The van der Waals surface area contributed by atoms with E-state index in [0.717, 1.165) is 43.7 Å². The highest BCUT2D eigenvalue weighted by atomic mass is 16.5. The first-order chi connectivity index (χ1) is 12.7. The summed E-state index contributed by atoms with van der Waals surface area (Å²) in [5.74, 6) is 0.962. The lowest BCUT2D eigenvalue weighted by molar-refractivity contribution is -0.0270. The minimum atomic E-state index is -0.276. The normalized spacial score (nSPS) is 21.8. The molecule has 6 heteroatoms. The summed E-state index contributed by atoms with van der Waals surface area (Å²) in [5.41, 5.74) is 0.734. The van der Waals surface area contributed by atoms with E-state index in [1.807, 2.05) is 24.3 Å². The molecule has 2 aliphatic rings. The van der Waals surface area contributed by atoms with E-state index in [9.17, 15) is 4.79 Å². The van der Waals surface area contributed by atoms with Crippen molar-refractivity contribution in [3.63, 3.8) is 0 Å². The van der Waals surface area contributed by atoms with Crippen LogP contribution in [0, 0.1) is 0 Å². The van der Waals surface area contributed by atoms with Gasteiger partial charge >= 0.3 is 0 Å². The van der Waals surface area contributed by atoms with Crippen LogP contribution in [0.2, 0.25) is 0 Å². The molecule has 26 heavy (non-hydrogen) atoms. The molecule has 0 radical (unpaired) electrons. The monoisotopic (exact) mass is 356 g/mol. The van der Waals surface area contributed by atoms with Crippen LogP contribution in [0.4, 0.5) is 0 Å². The number of nitrogens with zero attached hydrogens (tertiary/aromatic N) is 1. The first-order valence-electron chi connectivity index (χ1n) is 9.15. The molecule has 0 aliphatic carbocycles. The maximum atomic E-state index is 12.5. The van der Waals surface area contributed by atoms with E-state index in [4.69, 9.17) is 14.3 Å². The third-order valence-electron chi connectivity index (χ3n) is 5.43. The third kappa shape index (κ3) is 3.34. The van der Waals surface area contributed by atoms with E-state index in [-0.39, 0.29) is 24.2 Å². The number of hydrogen-bond donors (Lipinski definition) is 2. The van der Waals surface area contributed by atoms with Crippen molar-refractivity contribution in [2.75, 3.05) is 26.2 Å². The van der Waals surface area contributed by atoms with Gasteiger partial charge in [-0.15, -0.1) is 0 Å². The number of ether oxygens (including phenoxy) is 1. The number of aliphatic hydroxyl groups excluding tert-OH is 1. The van der Waals surface area contributed by atoms with Crippen LogP contribution in [-0.2, 0) is 0 Å². The highest BCUT2D eigenvalue weighted by Gasteiger charge is 2.43. The molecule has 6 nitrogen and oxygen atoms in total. The van der Waals surface area contributed by atoms with Crippen LogP contribution in [-0.4, -0.2) is 47.8 Å². The van der Waals surface area contributed by atoms with Crippen molar-refractivity contribution < 1.29 is 19.1 Å². The molecule has 1 atom stereocenters. The SMILES string of the molecule is O=C(NC1CC2(CCN(CCO)CC2)Oc2ccccc21)c1ccco1. The van der Waals surface area contributed by atoms with Gasteiger partial charge < -0.3 is 24.5 Å². The number of para-hydroxylation sites is 1. The lowest BCUT2D eigenvalue weighted by Gasteiger charge is -2.47. The third-order valence-corrected chi connectivity index (χ3v) is 5.43. The van der Waals surface area contributed by atoms with E-state index < -0.39 is 0 Å². The number of carbonyl (C=O) groups excluding carboxylic acids is 1. The summed E-state index contributed by atoms with van der Waals surface area (Å²) in [7, 11) is 0. The molecule has 0 bridgehead atoms. The van der Waals surface area contributed by atoms with E-state index in [0.29, 0.717) is 12.3 Å². The molecule has 0 saturated carbocycles. The van der Waals surface area contributed by atoms with Gasteiger partial charge in [-0.05, 0) is 31.0 Å². The number of aliphatic hydroxyl groups is 1. The Balaban J connectivity index is 1.55. The minimum absolute atomic E-state index is 0.109. The Labute approximate surface area is 152 Å². The van der Waals surface area contributed by atoms with E-state index in [2.05, 4.69) is 10.2 Å². The van der Waals surface area contributed by atoms with Crippen LogP contribution >= 0.6 is 0 Å². The maximum Gasteiger partial charge on any atom is 0.287 e. The molecule has 1 amide bonds. The molecular weight excluding hydrogens is 332 g/mol. The van der Waals surface area contributed by atoms with E-state index >= 15 is 0 Å². The van der Waals surface area contributed by atoms with Crippen LogP contribution in [0.1, 0.15) is 41.4 Å². The Morgan fingerprint density at radius 3 is 2.77 bits per heavy atom. The number of hydrogen-bond acceptors (Lipinski definition) is 5. The maximum absolute atomic E-state index is 12.5. The van der Waals surface area contributed by atoms with Crippen molar-refractivity contribution in [3.05, 3.63) is 54.0 Å². The molecule has 3 heterocycles. The molecule has 2 N–H and O–H groups in total. The van der Waals surface area contributed by atoms with Crippen molar-refractivity contribution in [3.8, 4) is 5.75 Å². The van der Waals surface area contributed by atoms with Crippen molar-refractivity contribution in [1.82, 2.24) is 10.2 Å². The van der Waals surface area contributed by atoms with Crippen LogP contribution in [0.25, 0.3) is 0 Å². The second kappa shape index (κ2) is 7.13. The molecule has 1 aromatic heterocycles. The molecule has 1 aromatic carbocycles. The zero-order valence-corrected chi connectivity index (χ0v) is 14.7. The van der Waals surface area contributed by atoms with Crippen molar-refractivity contribution >= 4 is 5.91 Å². The van der Waals surface area contributed by atoms with Crippen molar-refractivity contribution in [2.24, 2.45) is 0 Å². The first kappa shape index (κ1) is 17.1. The molecule has 2 aromatic rings. The number of nitrogens with one attached hydrogen (secondary N) is 1. The van der Waals surface area contributed by atoms with Crippen LogP contribution in [0.15, 0.2) is 47.1 Å². The zero-order chi connectivity index (χ0) is 18.0. The molecule has 1 spiro atoms. The Kier molecular flexibility index (Phi) is 4.70. The largest absolute Gasteiger partial charge is 0.487 e. The second-order valence-electron chi connectivity index (χ2n) is 7.10. The van der Waals surface area contributed by atoms with Gasteiger partial charge in [-0.2, -0.15) is 0 Å². The quantitative estimate of drug-likeness (QED) is 0.880. The number of β-amino-alcohol motifs (C(OH)–C–C–N with tert-alkyl or cyclic N) is 1. The number of rotatable bonds is 4. The van der Waals surface area contributed by atoms with Gasteiger partial charge in [0.25, 0.3) is 5.91 Å². The Hall–Kier alpha value is -2.31. The summed E-state index contributed by atoms with van der Waals surface area (Å²) in [6.45, 7) is 2.66. The molecular formula is C20H24N2O4. The number of likely N-dealkylation sites (tertiary alicyclic amines) is 1. The smallest absolute Gasteiger partial charge is 0.287 e. The molecule has 4 rings (SSSR count). The van der Waals surface area contributed by atoms with E-state index in [1.165, 1.54) is 6.26 Å². The van der Waals surface area contributed by atoms with Gasteiger partial charge in [-0.1, -0.05) is 18.2 Å². The molecule has 138 valence electrons. The van der Waals surface area contributed by atoms with Gasteiger partial charge in [0.05, 0.1) is 18.9 Å².